The highest BCUT2D eigenvalue weighted by atomic mass is 32.1. The lowest BCUT2D eigenvalue weighted by atomic mass is 9.96. The average molecular weight is 327 g/mol. The van der Waals surface area contributed by atoms with Crippen molar-refractivity contribution in [2.45, 2.75) is 44.6 Å². The van der Waals surface area contributed by atoms with E-state index in [0.717, 1.165) is 33.4 Å². The standard InChI is InChI=1S/C17H21N5S/c1-22-14-10-6-5-9-13(14)19-15(22)11-16-20-21-17(23-16)18-12-7-3-2-4-8-12/h5-6,9-10,12H,2-4,7-8,11H2,1H3,(H,18,21). The first kappa shape index (κ1) is 14.6. The van der Waals surface area contributed by atoms with Crippen LogP contribution in [0.15, 0.2) is 24.3 Å². The van der Waals surface area contributed by atoms with Gasteiger partial charge in [-0.2, -0.15) is 0 Å². The van der Waals surface area contributed by atoms with Crippen molar-refractivity contribution in [1.29, 1.82) is 0 Å². The Morgan fingerprint density at radius 2 is 2.00 bits per heavy atom. The zero-order chi connectivity index (χ0) is 15.6. The van der Waals surface area contributed by atoms with Crippen LogP contribution in [-0.4, -0.2) is 25.8 Å². The molecule has 3 aromatic rings. The highest BCUT2D eigenvalue weighted by molar-refractivity contribution is 7.15. The summed E-state index contributed by atoms with van der Waals surface area (Å²) in [6.45, 7) is 0. The quantitative estimate of drug-likeness (QED) is 0.793. The van der Waals surface area contributed by atoms with Crippen LogP contribution in [0, 0.1) is 0 Å². The number of hydrogen-bond acceptors (Lipinski definition) is 5. The molecule has 1 fully saturated rings. The molecule has 4 rings (SSSR count). The van der Waals surface area contributed by atoms with Crippen LogP contribution in [0.25, 0.3) is 11.0 Å². The predicted octanol–water partition coefficient (Wildman–Crippen LogP) is 3.76. The van der Waals surface area contributed by atoms with Crippen LogP contribution in [0.2, 0.25) is 0 Å². The molecule has 23 heavy (non-hydrogen) atoms. The maximum Gasteiger partial charge on any atom is 0.205 e. The highest BCUT2D eigenvalue weighted by Crippen LogP contribution is 2.25. The van der Waals surface area contributed by atoms with Crippen molar-refractivity contribution in [3.63, 3.8) is 0 Å². The van der Waals surface area contributed by atoms with Gasteiger partial charge in [-0.3, -0.25) is 0 Å². The Hall–Kier alpha value is -1.95. The molecule has 2 aromatic heterocycles. The fourth-order valence-corrected chi connectivity index (χ4v) is 4.11. The number of para-hydroxylation sites is 2. The summed E-state index contributed by atoms with van der Waals surface area (Å²) in [7, 11) is 2.06. The number of nitrogens with zero attached hydrogens (tertiary/aromatic N) is 4. The minimum atomic E-state index is 0.570. The Kier molecular flexibility index (Phi) is 3.99. The first-order valence-corrected chi connectivity index (χ1v) is 9.10. The van der Waals surface area contributed by atoms with Crippen molar-refractivity contribution in [3.05, 3.63) is 35.1 Å². The molecular formula is C17H21N5S. The molecule has 1 aliphatic carbocycles. The van der Waals surface area contributed by atoms with Crippen LogP contribution in [0.3, 0.4) is 0 Å². The molecular weight excluding hydrogens is 306 g/mol. The average Bonchev–Trinajstić information content (AvgIpc) is 3.14. The molecule has 0 aliphatic heterocycles. The van der Waals surface area contributed by atoms with Crippen molar-refractivity contribution in [2.75, 3.05) is 5.32 Å². The minimum Gasteiger partial charge on any atom is -0.357 e. The molecule has 0 radical (unpaired) electrons. The molecule has 6 heteroatoms. The van der Waals surface area contributed by atoms with E-state index in [-0.39, 0.29) is 0 Å². The number of imidazole rings is 1. The van der Waals surface area contributed by atoms with Gasteiger partial charge in [0.15, 0.2) is 0 Å². The monoisotopic (exact) mass is 327 g/mol. The fraction of sp³-hybridized carbons (Fsp3) is 0.471. The number of nitrogens with one attached hydrogen (secondary N) is 1. The predicted molar refractivity (Wildman–Crippen MR) is 93.9 cm³/mol. The van der Waals surface area contributed by atoms with E-state index in [0.29, 0.717) is 6.04 Å². The van der Waals surface area contributed by atoms with Crippen LogP contribution in [-0.2, 0) is 13.5 Å². The topological polar surface area (TPSA) is 55.6 Å². The zero-order valence-corrected chi connectivity index (χ0v) is 14.1. The molecule has 0 amide bonds. The lowest BCUT2D eigenvalue weighted by Crippen LogP contribution is -2.21. The van der Waals surface area contributed by atoms with Crippen molar-refractivity contribution in [1.82, 2.24) is 19.7 Å². The number of hydrogen-bond donors (Lipinski definition) is 1. The zero-order valence-electron chi connectivity index (χ0n) is 13.3. The molecule has 1 aliphatic rings. The Morgan fingerprint density at radius 3 is 2.83 bits per heavy atom. The van der Waals surface area contributed by atoms with Crippen LogP contribution >= 0.6 is 11.3 Å². The van der Waals surface area contributed by atoms with Gasteiger partial charge in [0, 0.05) is 13.1 Å². The summed E-state index contributed by atoms with van der Waals surface area (Å²) in [5, 5.41) is 14.2. The Morgan fingerprint density at radius 1 is 1.17 bits per heavy atom. The van der Waals surface area contributed by atoms with Gasteiger partial charge in [-0.15, -0.1) is 10.2 Å². The van der Waals surface area contributed by atoms with Gasteiger partial charge in [-0.1, -0.05) is 42.7 Å². The second-order valence-electron chi connectivity index (χ2n) is 6.23. The second-order valence-corrected chi connectivity index (χ2v) is 7.29. The number of fused-ring (bicyclic) bond motifs is 1. The van der Waals surface area contributed by atoms with E-state index in [2.05, 4.69) is 39.3 Å². The molecule has 0 bridgehead atoms. The first-order valence-electron chi connectivity index (χ1n) is 8.29. The molecule has 5 nitrogen and oxygen atoms in total. The molecule has 0 atom stereocenters. The van der Waals surface area contributed by atoms with Gasteiger partial charge < -0.3 is 9.88 Å². The molecule has 1 saturated carbocycles. The van der Waals surface area contributed by atoms with Crippen molar-refractivity contribution < 1.29 is 0 Å². The maximum atomic E-state index is 4.71. The molecule has 2 heterocycles. The summed E-state index contributed by atoms with van der Waals surface area (Å²) in [6.07, 6.45) is 7.24. The van der Waals surface area contributed by atoms with Crippen molar-refractivity contribution in [2.24, 2.45) is 7.05 Å². The third kappa shape index (κ3) is 3.08. The van der Waals surface area contributed by atoms with Crippen LogP contribution < -0.4 is 5.32 Å². The Balaban J connectivity index is 1.49. The molecule has 1 N–H and O–H groups in total. The lowest BCUT2D eigenvalue weighted by Gasteiger charge is -2.21. The van der Waals surface area contributed by atoms with Gasteiger partial charge in [0.1, 0.15) is 10.8 Å². The second kappa shape index (κ2) is 6.28. The summed E-state index contributed by atoms with van der Waals surface area (Å²) in [6, 6.07) is 8.79. The third-order valence-electron chi connectivity index (χ3n) is 4.59. The molecule has 0 spiro atoms. The molecule has 0 saturated heterocycles. The van der Waals surface area contributed by atoms with Crippen LogP contribution in [0.4, 0.5) is 5.13 Å². The lowest BCUT2D eigenvalue weighted by molar-refractivity contribution is 0.462. The summed E-state index contributed by atoms with van der Waals surface area (Å²) < 4.78 is 2.14. The van der Waals surface area contributed by atoms with E-state index >= 15 is 0 Å². The van der Waals surface area contributed by atoms with E-state index in [1.165, 1.54) is 32.1 Å². The van der Waals surface area contributed by atoms with Crippen molar-refractivity contribution >= 4 is 27.5 Å². The van der Waals surface area contributed by atoms with Crippen LogP contribution in [0.1, 0.15) is 42.9 Å². The minimum absolute atomic E-state index is 0.570. The molecule has 1 aromatic carbocycles. The van der Waals surface area contributed by atoms with Gasteiger partial charge in [-0.05, 0) is 25.0 Å². The normalized spacial score (nSPS) is 16.0. The van der Waals surface area contributed by atoms with E-state index in [1.54, 1.807) is 11.3 Å². The first-order chi connectivity index (χ1) is 11.3. The fourth-order valence-electron chi connectivity index (χ4n) is 3.29. The van der Waals surface area contributed by atoms with Crippen LogP contribution in [0.5, 0.6) is 0 Å². The Bertz CT molecular complexity index is 800. The van der Waals surface area contributed by atoms with Gasteiger partial charge in [-0.25, -0.2) is 4.98 Å². The number of aromatic nitrogens is 4. The van der Waals surface area contributed by atoms with Gasteiger partial charge >= 0.3 is 0 Å². The van der Waals surface area contributed by atoms with E-state index < -0.39 is 0 Å². The number of rotatable bonds is 4. The summed E-state index contributed by atoms with van der Waals surface area (Å²) >= 11 is 1.65. The highest BCUT2D eigenvalue weighted by Gasteiger charge is 2.16. The summed E-state index contributed by atoms with van der Waals surface area (Å²) in [5.41, 5.74) is 2.20. The van der Waals surface area contributed by atoms with E-state index in [1.807, 2.05) is 12.1 Å². The van der Waals surface area contributed by atoms with Gasteiger partial charge in [0.05, 0.1) is 17.5 Å². The Labute approximate surface area is 139 Å². The number of benzene rings is 1. The van der Waals surface area contributed by atoms with Gasteiger partial charge in [0.25, 0.3) is 0 Å². The van der Waals surface area contributed by atoms with Gasteiger partial charge in [0.2, 0.25) is 5.13 Å². The smallest absolute Gasteiger partial charge is 0.205 e. The van der Waals surface area contributed by atoms with Crippen molar-refractivity contribution in [3.8, 4) is 0 Å². The number of aryl methyl sites for hydroxylation is 1. The maximum absolute atomic E-state index is 4.71. The summed E-state index contributed by atoms with van der Waals surface area (Å²) in [4.78, 5) is 4.71. The largest absolute Gasteiger partial charge is 0.357 e. The van der Waals surface area contributed by atoms with E-state index in [9.17, 15) is 0 Å². The van der Waals surface area contributed by atoms with E-state index in [4.69, 9.17) is 4.98 Å². The molecule has 120 valence electrons. The SMILES string of the molecule is Cn1c(Cc2nnc(NC3CCCCC3)s2)nc2ccccc21. The molecule has 0 unspecified atom stereocenters. The summed E-state index contributed by atoms with van der Waals surface area (Å²) in [5.74, 6) is 1.03. The third-order valence-corrected chi connectivity index (χ3v) is 5.44. The number of anilines is 1.